The van der Waals surface area contributed by atoms with Gasteiger partial charge in [0, 0.05) is 0 Å². The lowest BCUT2D eigenvalue weighted by atomic mass is 10.2. The van der Waals surface area contributed by atoms with Gasteiger partial charge < -0.3 is 4.98 Å². The Kier molecular flexibility index (Phi) is 4.93. The number of rotatable bonds is 4. The van der Waals surface area contributed by atoms with E-state index in [1.807, 2.05) is 43.3 Å². The third-order valence-corrected chi connectivity index (χ3v) is 5.04. The number of para-hydroxylation sites is 1. The summed E-state index contributed by atoms with van der Waals surface area (Å²) in [7, 11) is 0. The van der Waals surface area contributed by atoms with Crippen molar-refractivity contribution in [3.05, 3.63) is 91.7 Å². The van der Waals surface area contributed by atoms with Gasteiger partial charge in [0.1, 0.15) is 5.15 Å². The molecule has 4 rings (SSSR count). The van der Waals surface area contributed by atoms with Gasteiger partial charge in [-0.1, -0.05) is 54.1 Å². The zero-order chi connectivity index (χ0) is 19.7. The van der Waals surface area contributed by atoms with Crippen LogP contribution < -0.4 is 5.56 Å². The molecule has 0 amide bonds. The Morgan fingerprint density at radius 3 is 2.68 bits per heavy atom. The van der Waals surface area contributed by atoms with Crippen LogP contribution in [0.5, 0.6) is 0 Å². The zero-order valence-electron chi connectivity index (χ0n) is 15.0. The summed E-state index contributed by atoms with van der Waals surface area (Å²) in [6, 6.07) is 17.1. The van der Waals surface area contributed by atoms with Gasteiger partial charge in [-0.2, -0.15) is 14.9 Å². The molecule has 0 spiro atoms. The Morgan fingerprint density at radius 2 is 1.89 bits per heavy atom. The van der Waals surface area contributed by atoms with Crippen molar-refractivity contribution in [3.63, 3.8) is 0 Å². The Balaban J connectivity index is 1.72. The first-order chi connectivity index (χ1) is 13.5. The van der Waals surface area contributed by atoms with E-state index in [1.54, 1.807) is 22.9 Å². The van der Waals surface area contributed by atoms with Gasteiger partial charge in [0.25, 0.3) is 5.56 Å². The van der Waals surface area contributed by atoms with Crippen LogP contribution in [0, 0.1) is 11.7 Å². The number of nitrogens with one attached hydrogen (secondary N) is 1. The molecule has 0 fully saturated rings. The smallest absolute Gasteiger partial charge is 0.282 e. The van der Waals surface area contributed by atoms with Crippen molar-refractivity contribution in [1.82, 2.24) is 19.4 Å². The molecule has 4 aromatic rings. The fourth-order valence-electron chi connectivity index (χ4n) is 2.95. The summed E-state index contributed by atoms with van der Waals surface area (Å²) in [5.74, 6) is 0. The molecule has 2 aromatic carbocycles. The number of benzene rings is 2. The van der Waals surface area contributed by atoms with E-state index >= 15 is 0 Å². The molecule has 0 atom stereocenters. The fraction of sp³-hybridized carbons (Fsp3) is 0.100. The summed E-state index contributed by atoms with van der Waals surface area (Å²) in [4.78, 5) is 15.7. The molecular formula is C20H16ClN5OS. The van der Waals surface area contributed by atoms with Crippen LogP contribution in [0.2, 0.25) is 5.15 Å². The molecule has 6 nitrogen and oxygen atoms in total. The lowest BCUT2D eigenvalue weighted by molar-refractivity contribution is 0.680. The van der Waals surface area contributed by atoms with Gasteiger partial charge in [-0.3, -0.25) is 4.79 Å². The standard InChI is InChI=1S/C20H16ClN5OS/c1-13-16(18(21)25(24-13)12-14-7-3-2-4-8-14)11-22-26-19(27)15-9-5-6-10-17(15)23-20(26)28/h2-11H,12H2,1H3,(H,23,28). The van der Waals surface area contributed by atoms with Crippen LogP contribution in [-0.2, 0) is 6.54 Å². The van der Waals surface area contributed by atoms with Crippen LogP contribution in [0.25, 0.3) is 10.9 Å². The van der Waals surface area contributed by atoms with Crippen molar-refractivity contribution in [2.24, 2.45) is 5.10 Å². The second-order valence-electron chi connectivity index (χ2n) is 6.27. The fourth-order valence-corrected chi connectivity index (χ4v) is 3.47. The monoisotopic (exact) mass is 409 g/mol. The summed E-state index contributed by atoms with van der Waals surface area (Å²) in [5.41, 5.74) is 2.83. The quantitative estimate of drug-likeness (QED) is 0.406. The summed E-state index contributed by atoms with van der Waals surface area (Å²) < 4.78 is 3.07. The Hall–Kier alpha value is -3.03. The van der Waals surface area contributed by atoms with Crippen molar-refractivity contribution in [2.75, 3.05) is 0 Å². The summed E-state index contributed by atoms with van der Waals surface area (Å²) >= 11 is 11.8. The molecule has 140 valence electrons. The van der Waals surface area contributed by atoms with Gasteiger partial charge in [-0.25, -0.2) is 4.68 Å². The van der Waals surface area contributed by atoms with Crippen molar-refractivity contribution >= 4 is 40.9 Å². The van der Waals surface area contributed by atoms with E-state index in [-0.39, 0.29) is 10.3 Å². The van der Waals surface area contributed by atoms with Gasteiger partial charge in [0.05, 0.1) is 34.9 Å². The number of hydrogen-bond donors (Lipinski definition) is 1. The van der Waals surface area contributed by atoms with Crippen molar-refractivity contribution < 1.29 is 0 Å². The first kappa shape index (κ1) is 18.3. The topological polar surface area (TPSA) is 68.0 Å². The molecule has 0 saturated carbocycles. The minimum atomic E-state index is -0.291. The average molecular weight is 410 g/mol. The summed E-state index contributed by atoms with van der Waals surface area (Å²) in [6.45, 7) is 2.39. The van der Waals surface area contributed by atoms with E-state index in [2.05, 4.69) is 15.2 Å². The zero-order valence-corrected chi connectivity index (χ0v) is 16.5. The molecule has 0 saturated heterocycles. The number of fused-ring (bicyclic) bond motifs is 1. The van der Waals surface area contributed by atoms with Crippen LogP contribution in [0.3, 0.4) is 0 Å². The van der Waals surface area contributed by atoms with Gasteiger partial charge in [-0.05, 0) is 36.8 Å². The van der Waals surface area contributed by atoms with Crippen LogP contribution in [0.1, 0.15) is 16.8 Å². The lowest BCUT2D eigenvalue weighted by Crippen LogP contribution is -2.18. The largest absolute Gasteiger partial charge is 0.330 e. The molecule has 0 bridgehead atoms. The maximum Gasteiger partial charge on any atom is 0.282 e. The van der Waals surface area contributed by atoms with Gasteiger partial charge in [0.15, 0.2) is 0 Å². The molecule has 8 heteroatoms. The molecular weight excluding hydrogens is 394 g/mol. The second kappa shape index (κ2) is 7.53. The highest BCUT2D eigenvalue weighted by Gasteiger charge is 2.12. The SMILES string of the molecule is Cc1nn(Cc2ccccc2)c(Cl)c1C=Nn1c(=S)[nH]c2ccccc2c1=O. The van der Waals surface area contributed by atoms with Crippen LogP contribution in [0.15, 0.2) is 64.5 Å². The summed E-state index contributed by atoms with van der Waals surface area (Å²) in [5, 5.41) is 9.72. The molecule has 0 radical (unpaired) electrons. The minimum absolute atomic E-state index is 0.213. The van der Waals surface area contributed by atoms with Crippen molar-refractivity contribution in [2.45, 2.75) is 13.5 Å². The van der Waals surface area contributed by atoms with Gasteiger partial charge >= 0.3 is 0 Å². The van der Waals surface area contributed by atoms with Crippen LogP contribution in [0.4, 0.5) is 0 Å². The maximum atomic E-state index is 12.7. The predicted molar refractivity (Wildman–Crippen MR) is 114 cm³/mol. The normalized spacial score (nSPS) is 11.5. The third-order valence-electron chi connectivity index (χ3n) is 4.37. The second-order valence-corrected chi connectivity index (χ2v) is 7.02. The lowest BCUT2D eigenvalue weighted by Gasteiger charge is -2.03. The first-order valence-corrected chi connectivity index (χ1v) is 9.38. The Bertz CT molecular complexity index is 1300. The summed E-state index contributed by atoms with van der Waals surface area (Å²) in [6.07, 6.45) is 1.52. The molecule has 1 N–H and O–H groups in total. The number of nitrogens with zero attached hydrogens (tertiary/aromatic N) is 4. The highest BCUT2D eigenvalue weighted by Crippen LogP contribution is 2.19. The predicted octanol–water partition coefficient (Wildman–Crippen LogP) is 4.15. The molecule has 0 aliphatic rings. The van der Waals surface area contributed by atoms with Crippen molar-refractivity contribution in [3.8, 4) is 0 Å². The number of aryl methyl sites for hydroxylation is 1. The van der Waals surface area contributed by atoms with E-state index in [4.69, 9.17) is 23.8 Å². The van der Waals surface area contributed by atoms with E-state index in [9.17, 15) is 4.79 Å². The van der Waals surface area contributed by atoms with E-state index < -0.39 is 0 Å². The molecule has 0 unspecified atom stereocenters. The van der Waals surface area contributed by atoms with E-state index in [1.165, 1.54) is 6.21 Å². The number of hydrogen-bond acceptors (Lipinski definition) is 4. The number of halogens is 1. The van der Waals surface area contributed by atoms with Crippen molar-refractivity contribution in [1.29, 1.82) is 0 Å². The van der Waals surface area contributed by atoms with Crippen LogP contribution in [-0.4, -0.2) is 25.7 Å². The number of aromatic amines is 1. The van der Waals surface area contributed by atoms with E-state index in [0.717, 1.165) is 10.2 Å². The number of H-pyrrole nitrogens is 1. The maximum absolute atomic E-state index is 12.7. The molecule has 0 aliphatic carbocycles. The highest BCUT2D eigenvalue weighted by molar-refractivity contribution is 7.71. The molecule has 2 aromatic heterocycles. The Morgan fingerprint density at radius 1 is 1.18 bits per heavy atom. The van der Waals surface area contributed by atoms with Crippen LogP contribution >= 0.6 is 23.8 Å². The van der Waals surface area contributed by atoms with Gasteiger partial charge in [-0.15, -0.1) is 0 Å². The third kappa shape index (κ3) is 3.42. The average Bonchev–Trinajstić information content (AvgIpc) is 2.96. The first-order valence-electron chi connectivity index (χ1n) is 8.60. The number of aromatic nitrogens is 4. The molecule has 0 aliphatic heterocycles. The molecule has 2 heterocycles. The van der Waals surface area contributed by atoms with E-state index in [0.29, 0.717) is 33.9 Å². The Labute approximate surface area is 170 Å². The minimum Gasteiger partial charge on any atom is -0.330 e. The van der Waals surface area contributed by atoms with Gasteiger partial charge in [0.2, 0.25) is 4.77 Å². The highest BCUT2D eigenvalue weighted by atomic mass is 35.5. The molecule has 28 heavy (non-hydrogen) atoms.